The van der Waals surface area contributed by atoms with Gasteiger partial charge in [-0.1, -0.05) is 11.6 Å². The highest BCUT2D eigenvalue weighted by molar-refractivity contribution is 7.81. The van der Waals surface area contributed by atoms with Crippen molar-refractivity contribution in [3.05, 3.63) is 28.8 Å². The number of hydrogen-bond acceptors (Lipinski definition) is 2. The van der Waals surface area contributed by atoms with Crippen molar-refractivity contribution in [1.29, 1.82) is 0 Å². The van der Waals surface area contributed by atoms with Gasteiger partial charge >= 0.3 is 6.18 Å². The van der Waals surface area contributed by atoms with Crippen molar-refractivity contribution in [2.24, 2.45) is 0 Å². The third kappa shape index (κ3) is 3.31. The molecule has 7 heteroatoms. The smallest absolute Gasteiger partial charge is 0.325 e. The number of hydrogen-bond donors (Lipinski definition) is 2. The molecule has 1 N–H and O–H groups in total. The summed E-state index contributed by atoms with van der Waals surface area (Å²) in [5.41, 5.74) is -1.30. The Bertz CT molecular complexity index is 408. The zero-order chi connectivity index (χ0) is 12.3. The van der Waals surface area contributed by atoms with Gasteiger partial charge in [-0.15, -0.1) is 0 Å². The van der Waals surface area contributed by atoms with Crippen LogP contribution in [-0.2, 0) is 11.0 Å². The first-order chi connectivity index (χ1) is 7.34. The summed E-state index contributed by atoms with van der Waals surface area (Å²) in [6, 6.07) is 3.13. The standard InChI is InChI=1S/C9H7ClF3NOS/c10-5-1-2-7(14-8(15)4-16)6(3-5)9(11,12)13/h1-3,16H,4H2,(H,14,15). The number of benzene rings is 1. The summed E-state index contributed by atoms with van der Waals surface area (Å²) < 4.78 is 37.7. The van der Waals surface area contributed by atoms with Crippen LogP contribution in [0.4, 0.5) is 18.9 Å². The normalized spacial score (nSPS) is 11.3. The molecule has 1 aromatic rings. The summed E-state index contributed by atoms with van der Waals surface area (Å²) in [6.07, 6.45) is -4.57. The monoisotopic (exact) mass is 269 g/mol. The van der Waals surface area contributed by atoms with Crippen LogP contribution in [0.5, 0.6) is 0 Å². The van der Waals surface area contributed by atoms with Crippen molar-refractivity contribution in [2.75, 3.05) is 11.1 Å². The SMILES string of the molecule is O=C(CS)Nc1ccc(Cl)cc1C(F)(F)F. The van der Waals surface area contributed by atoms with E-state index in [0.29, 0.717) is 0 Å². The minimum Gasteiger partial charge on any atom is -0.325 e. The van der Waals surface area contributed by atoms with Crippen molar-refractivity contribution < 1.29 is 18.0 Å². The molecule has 0 saturated heterocycles. The lowest BCUT2D eigenvalue weighted by Gasteiger charge is -2.13. The van der Waals surface area contributed by atoms with Gasteiger partial charge < -0.3 is 5.32 Å². The van der Waals surface area contributed by atoms with Crippen LogP contribution in [0.15, 0.2) is 18.2 Å². The third-order valence-corrected chi connectivity index (χ3v) is 2.23. The van der Waals surface area contributed by atoms with E-state index < -0.39 is 17.6 Å². The van der Waals surface area contributed by atoms with Gasteiger partial charge in [0.05, 0.1) is 17.0 Å². The molecule has 1 rings (SSSR count). The molecule has 1 aromatic carbocycles. The second-order valence-corrected chi connectivity index (χ2v) is 3.65. The van der Waals surface area contributed by atoms with Gasteiger partial charge in [-0.2, -0.15) is 25.8 Å². The Morgan fingerprint density at radius 2 is 2.06 bits per heavy atom. The lowest BCUT2D eigenvalue weighted by Crippen LogP contribution is -2.17. The molecule has 0 saturated carbocycles. The Kier molecular flexibility index (Phi) is 4.09. The fourth-order valence-corrected chi connectivity index (χ4v) is 1.30. The number of thiol groups is 1. The van der Waals surface area contributed by atoms with E-state index in [1.165, 1.54) is 6.07 Å². The second-order valence-electron chi connectivity index (χ2n) is 2.89. The molecule has 16 heavy (non-hydrogen) atoms. The van der Waals surface area contributed by atoms with Gasteiger partial charge in [0.15, 0.2) is 0 Å². The Hall–Kier alpha value is -0.880. The maximum atomic E-state index is 12.6. The molecule has 2 nitrogen and oxygen atoms in total. The molecule has 0 unspecified atom stereocenters. The number of amides is 1. The summed E-state index contributed by atoms with van der Waals surface area (Å²) in [5.74, 6) is -0.809. The van der Waals surface area contributed by atoms with Crippen LogP contribution in [0.3, 0.4) is 0 Å². The molecule has 0 bridgehead atoms. The lowest BCUT2D eigenvalue weighted by molar-refractivity contribution is -0.136. The van der Waals surface area contributed by atoms with Gasteiger partial charge in [0.25, 0.3) is 0 Å². The predicted molar refractivity (Wildman–Crippen MR) is 58.9 cm³/mol. The van der Waals surface area contributed by atoms with E-state index in [0.717, 1.165) is 12.1 Å². The van der Waals surface area contributed by atoms with Crippen LogP contribution in [-0.4, -0.2) is 11.7 Å². The average molecular weight is 270 g/mol. The molecule has 1 amide bonds. The Labute approximate surface area is 100 Å². The second kappa shape index (κ2) is 4.97. The first kappa shape index (κ1) is 13.2. The summed E-state index contributed by atoms with van der Waals surface area (Å²) >= 11 is 9.12. The van der Waals surface area contributed by atoms with Crippen LogP contribution in [0.25, 0.3) is 0 Å². The maximum absolute atomic E-state index is 12.6. The topological polar surface area (TPSA) is 29.1 Å². The van der Waals surface area contributed by atoms with E-state index in [9.17, 15) is 18.0 Å². The molecule has 0 atom stereocenters. The van der Waals surface area contributed by atoms with Crippen molar-refractivity contribution >= 4 is 35.8 Å². The fourth-order valence-electron chi connectivity index (χ4n) is 1.05. The van der Waals surface area contributed by atoms with Gasteiger partial charge in [0.1, 0.15) is 0 Å². The molecule has 88 valence electrons. The van der Waals surface area contributed by atoms with Gasteiger partial charge in [0, 0.05) is 5.02 Å². The molecule has 0 heterocycles. The third-order valence-electron chi connectivity index (χ3n) is 1.70. The maximum Gasteiger partial charge on any atom is 0.418 e. The summed E-state index contributed by atoms with van der Waals surface area (Å²) in [7, 11) is 0. The number of alkyl halides is 3. The van der Waals surface area contributed by atoms with E-state index in [2.05, 4.69) is 17.9 Å². The molecule has 0 fully saturated rings. The quantitative estimate of drug-likeness (QED) is 0.793. The lowest BCUT2D eigenvalue weighted by atomic mass is 10.1. The Balaban J connectivity index is 3.13. The molecule has 0 aliphatic rings. The summed E-state index contributed by atoms with van der Waals surface area (Å²) in [5, 5.41) is 2.05. The minimum atomic E-state index is -4.57. The van der Waals surface area contributed by atoms with Gasteiger partial charge in [0.2, 0.25) is 5.91 Å². The molecular weight excluding hydrogens is 263 g/mol. The highest BCUT2D eigenvalue weighted by Crippen LogP contribution is 2.36. The highest BCUT2D eigenvalue weighted by Gasteiger charge is 2.34. The van der Waals surface area contributed by atoms with Gasteiger partial charge in [-0.25, -0.2) is 0 Å². The molecule has 0 aromatic heterocycles. The van der Waals surface area contributed by atoms with Gasteiger partial charge in [-0.05, 0) is 18.2 Å². The van der Waals surface area contributed by atoms with Crippen LogP contribution >= 0.6 is 24.2 Å². The van der Waals surface area contributed by atoms with E-state index in [-0.39, 0.29) is 16.5 Å². The molecule has 0 aliphatic carbocycles. The average Bonchev–Trinajstić information content (AvgIpc) is 2.19. The molecule has 0 aliphatic heterocycles. The van der Waals surface area contributed by atoms with Crippen LogP contribution in [0, 0.1) is 0 Å². The summed E-state index contributed by atoms with van der Waals surface area (Å²) in [4.78, 5) is 11.0. The molecule has 0 spiro atoms. The molecule has 0 radical (unpaired) electrons. The molecular formula is C9H7ClF3NOS. The van der Waals surface area contributed by atoms with Crippen molar-refractivity contribution in [2.45, 2.75) is 6.18 Å². The Morgan fingerprint density at radius 1 is 1.44 bits per heavy atom. The van der Waals surface area contributed by atoms with E-state index >= 15 is 0 Å². The van der Waals surface area contributed by atoms with Crippen LogP contribution < -0.4 is 5.32 Å². The zero-order valence-corrected chi connectivity index (χ0v) is 9.46. The number of carbonyl (C=O) groups is 1. The van der Waals surface area contributed by atoms with E-state index in [1.807, 2.05) is 0 Å². The van der Waals surface area contributed by atoms with E-state index in [4.69, 9.17) is 11.6 Å². The van der Waals surface area contributed by atoms with E-state index in [1.54, 1.807) is 0 Å². The first-order valence-electron chi connectivity index (χ1n) is 4.12. The number of rotatable bonds is 2. The van der Waals surface area contributed by atoms with Crippen molar-refractivity contribution in [1.82, 2.24) is 0 Å². The predicted octanol–water partition coefficient (Wildman–Crippen LogP) is 3.23. The number of nitrogens with one attached hydrogen (secondary N) is 1. The fraction of sp³-hybridized carbons (Fsp3) is 0.222. The van der Waals surface area contributed by atoms with Crippen LogP contribution in [0.2, 0.25) is 5.02 Å². The highest BCUT2D eigenvalue weighted by atomic mass is 35.5. The Morgan fingerprint density at radius 3 is 2.56 bits per heavy atom. The minimum absolute atomic E-state index is 0.0452. The first-order valence-corrected chi connectivity index (χ1v) is 5.13. The van der Waals surface area contributed by atoms with Gasteiger partial charge in [-0.3, -0.25) is 4.79 Å². The van der Waals surface area contributed by atoms with Crippen molar-refractivity contribution in [3.63, 3.8) is 0 Å². The largest absolute Gasteiger partial charge is 0.418 e. The van der Waals surface area contributed by atoms with Crippen molar-refractivity contribution in [3.8, 4) is 0 Å². The number of halogens is 4. The number of anilines is 1. The van der Waals surface area contributed by atoms with Crippen LogP contribution in [0.1, 0.15) is 5.56 Å². The summed E-state index contributed by atoms with van der Waals surface area (Å²) in [6.45, 7) is 0. The zero-order valence-electron chi connectivity index (χ0n) is 7.81. The number of carbonyl (C=O) groups excluding carboxylic acids is 1.